The number of nitrogens with two attached hydrogens (primary N) is 1. The molecule has 0 atom stereocenters. The molecule has 0 aromatic heterocycles. The Morgan fingerprint density at radius 1 is 1.06 bits per heavy atom. The number of hydrogen-bond donors (Lipinski definition) is 1. The van der Waals surface area contributed by atoms with E-state index < -0.39 is 0 Å². The normalized spacial score (nSPS) is 8.56. The minimum Gasteiger partial charge on any atom is -0.370 e. The maximum Gasteiger partial charge on any atom is 0.214 e. The van der Waals surface area contributed by atoms with Gasteiger partial charge in [0.2, 0.25) is 5.91 Å². The minimum absolute atomic E-state index is 0.333. The van der Waals surface area contributed by atoms with Crippen LogP contribution in [0, 0.1) is 20.8 Å². The zero-order valence-electron chi connectivity index (χ0n) is 12.8. The third kappa shape index (κ3) is 14.7. The molecule has 0 aliphatic rings. The van der Waals surface area contributed by atoms with Gasteiger partial charge in [-0.3, -0.25) is 4.79 Å². The van der Waals surface area contributed by atoms with E-state index in [0.29, 0.717) is 0 Å². The van der Waals surface area contributed by atoms with E-state index >= 15 is 0 Å². The summed E-state index contributed by atoms with van der Waals surface area (Å²) in [6, 6.07) is 6.50. The van der Waals surface area contributed by atoms with Crippen LogP contribution in [0.1, 0.15) is 56.7 Å². The second kappa shape index (κ2) is 12.2. The van der Waals surface area contributed by atoms with Crippen LogP contribution in [0.4, 0.5) is 0 Å². The SMILES string of the molecule is CC(N)=O.CCCCC.Cc1ccc(C)c(C)c1. The van der Waals surface area contributed by atoms with Crippen LogP contribution in [-0.4, -0.2) is 5.91 Å². The van der Waals surface area contributed by atoms with Crippen molar-refractivity contribution in [3.63, 3.8) is 0 Å². The van der Waals surface area contributed by atoms with Gasteiger partial charge in [0.15, 0.2) is 0 Å². The zero-order chi connectivity index (χ0) is 14.6. The van der Waals surface area contributed by atoms with Crippen molar-refractivity contribution in [3.05, 3.63) is 34.9 Å². The number of amides is 1. The molecule has 0 radical (unpaired) electrons. The molecule has 0 saturated heterocycles. The molecule has 0 aliphatic carbocycles. The molecule has 0 saturated carbocycles. The Balaban J connectivity index is 0. The molecule has 2 N–H and O–H groups in total. The third-order valence-electron chi connectivity index (χ3n) is 2.37. The van der Waals surface area contributed by atoms with Crippen molar-refractivity contribution in [2.75, 3.05) is 0 Å². The van der Waals surface area contributed by atoms with E-state index in [1.807, 2.05) is 0 Å². The second-order valence-corrected chi connectivity index (χ2v) is 4.55. The number of rotatable bonds is 2. The summed E-state index contributed by atoms with van der Waals surface area (Å²) in [4.78, 5) is 9.22. The molecule has 0 heterocycles. The largest absolute Gasteiger partial charge is 0.370 e. The molecule has 0 bridgehead atoms. The molecule has 2 nitrogen and oxygen atoms in total. The summed E-state index contributed by atoms with van der Waals surface area (Å²) in [5, 5.41) is 0. The van der Waals surface area contributed by atoms with E-state index in [4.69, 9.17) is 0 Å². The monoisotopic (exact) mass is 251 g/mol. The molecule has 1 amide bonds. The standard InChI is InChI=1S/C9H12.C5H12.C2H5NO/c1-7-4-5-8(2)9(3)6-7;1-3-5-4-2;1-2(3)4/h4-6H,1-3H3;3-5H2,1-2H3;1H3,(H2,3,4). The van der Waals surface area contributed by atoms with Gasteiger partial charge in [0.1, 0.15) is 0 Å². The smallest absolute Gasteiger partial charge is 0.214 e. The molecule has 0 unspecified atom stereocenters. The van der Waals surface area contributed by atoms with Crippen molar-refractivity contribution in [1.82, 2.24) is 0 Å². The highest BCUT2D eigenvalue weighted by Crippen LogP contribution is 2.07. The van der Waals surface area contributed by atoms with Gasteiger partial charge in [-0.1, -0.05) is 56.9 Å². The molecule has 1 rings (SSSR count). The summed E-state index contributed by atoms with van der Waals surface area (Å²) in [6.45, 7) is 12.1. The van der Waals surface area contributed by atoms with E-state index in [0.717, 1.165) is 0 Å². The fourth-order valence-corrected chi connectivity index (χ4v) is 1.24. The summed E-state index contributed by atoms with van der Waals surface area (Å²) < 4.78 is 0. The van der Waals surface area contributed by atoms with Crippen molar-refractivity contribution in [2.45, 2.75) is 60.8 Å². The van der Waals surface area contributed by atoms with E-state index in [9.17, 15) is 4.79 Å². The van der Waals surface area contributed by atoms with Crippen molar-refractivity contribution in [3.8, 4) is 0 Å². The van der Waals surface area contributed by atoms with Crippen LogP contribution in [0.3, 0.4) is 0 Å². The van der Waals surface area contributed by atoms with E-state index in [1.165, 1.54) is 42.9 Å². The molecule has 104 valence electrons. The predicted molar refractivity (Wildman–Crippen MR) is 80.7 cm³/mol. The number of unbranched alkanes of at least 4 members (excludes halogenated alkanes) is 2. The van der Waals surface area contributed by atoms with Gasteiger partial charge in [0.05, 0.1) is 0 Å². The van der Waals surface area contributed by atoms with Gasteiger partial charge in [0.25, 0.3) is 0 Å². The number of carbonyl (C=O) groups is 1. The number of hydrogen-bond acceptors (Lipinski definition) is 1. The van der Waals surface area contributed by atoms with Crippen LogP contribution in [0.15, 0.2) is 18.2 Å². The summed E-state index contributed by atoms with van der Waals surface area (Å²) in [6.07, 6.45) is 4.08. The van der Waals surface area contributed by atoms with Gasteiger partial charge in [-0.15, -0.1) is 0 Å². The fraction of sp³-hybridized carbons (Fsp3) is 0.562. The van der Waals surface area contributed by atoms with Gasteiger partial charge in [0, 0.05) is 6.92 Å². The van der Waals surface area contributed by atoms with E-state index in [2.05, 4.69) is 58.6 Å². The van der Waals surface area contributed by atoms with Crippen molar-refractivity contribution in [1.29, 1.82) is 0 Å². The third-order valence-corrected chi connectivity index (χ3v) is 2.37. The average molecular weight is 251 g/mol. The Labute approximate surface area is 113 Å². The topological polar surface area (TPSA) is 43.1 Å². The summed E-state index contributed by atoms with van der Waals surface area (Å²) in [7, 11) is 0. The highest BCUT2D eigenvalue weighted by atomic mass is 16.1. The lowest BCUT2D eigenvalue weighted by molar-refractivity contribution is -0.115. The lowest BCUT2D eigenvalue weighted by Crippen LogP contribution is -2.01. The minimum atomic E-state index is -0.333. The lowest BCUT2D eigenvalue weighted by atomic mass is 10.1. The van der Waals surface area contributed by atoms with Crippen molar-refractivity contribution in [2.24, 2.45) is 5.73 Å². The molecule has 0 aliphatic heterocycles. The molecule has 2 heteroatoms. The van der Waals surface area contributed by atoms with E-state index in [-0.39, 0.29) is 5.91 Å². The average Bonchev–Trinajstić information content (AvgIpc) is 2.25. The maximum absolute atomic E-state index is 9.22. The number of benzene rings is 1. The van der Waals surface area contributed by atoms with Crippen LogP contribution in [-0.2, 0) is 4.79 Å². The number of carbonyl (C=O) groups excluding carboxylic acids is 1. The Bertz CT molecular complexity index is 326. The first kappa shape index (κ1) is 19.0. The highest BCUT2D eigenvalue weighted by Gasteiger charge is 1.89. The van der Waals surface area contributed by atoms with Crippen LogP contribution in [0.5, 0.6) is 0 Å². The van der Waals surface area contributed by atoms with Gasteiger partial charge in [-0.05, 0) is 31.9 Å². The molecule has 1 aromatic rings. The number of primary amides is 1. The van der Waals surface area contributed by atoms with Crippen LogP contribution in [0.2, 0.25) is 0 Å². The molecular formula is C16H29NO. The molecule has 18 heavy (non-hydrogen) atoms. The first-order valence-corrected chi connectivity index (χ1v) is 6.65. The van der Waals surface area contributed by atoms with Gasteiger partial charge in [-0.25, -0.2) is 0 Å². The fourth-order valence-electron chi connectivity index (χ4n) is 1.24. The van der Waals surface area contributed by atoms with Crippen molar-refractivity contribution < 1.29 is 4.79 Å². The van der Waals surface area contributed by atoms with Gasteiger partial charge >= 0.3 is 0 Å². The van der Waals surface area contributed by atoms with E-state index in [1.54, 1.807) is 0 Å². The molecular weight excluding hydrogens is 222 g/mol. The Kier molecular flexibility index (Phi) is 12.9. The first-order valence-electron chi connectivity index (χ1n) is 6.65. The van der Waals surface area contributed by atoms with Crippen LogP contribution < -0.4 is 5.73 Å². The summed E-state index contributed by atoms with van der Waals surface area (Å²) >= 11 is 0. The van der Waals surface area contributed by atoms with Gasteiger partial charge in [-0.2, -0.15) is 0 Å². The first-order chi connectivity index (χ1) is 8.34. The summed E-state index contributed by atoms with van der Waals surface area (Å²) in [5.41, 5.74) is 8.58. The predicted octanol–water partition coefficient (Wildman–Crippen LogP) is 4.30. The molecule has 0 fully saturated rings. The Morgan fingerprint density at radius 2 is 1.50 bits per heavy atom. The Hall–Kier alpha value is -1.31. The molecule has 1 aromatic carbocycles. The quantitative estimate of drug-likeness (QED) is 0.836. The van der Waals surface area contributed by atoms with Crippen LogP contribution in [0.25, 0.3) is 0 Å². The molecule has 0 spiro atoms. The number of aryl methyl sites for hydroxylation is 3. The van der Waals surface area contributed by atoms with Gasteiger partial charge < -0.3 is 5.73 Å². The maximum atomic E-state index is 9.22. The second-order valence-electron chi connectivity index (χ2n) is 4.55. The summed E-state index contributed by atoms with van der Waals surface area (Å²) in [5.74, 6) is -0.333. The zero-order valence-corrected chi connectivity index (χ0v) is 12.8. The lowest BCUT2D eigenvalue weighted by Gasteiger charge is -1.98. The highest BCUT2D eigenvalue weighted by molar-refractivity contribution is 5.70. The van der Waals surface area contributed by atoms with Crippen LogP contribution >= 0.6 is 0 Å². The van der Waals surface area contributed by atoms with Crippen molar-refractivity contribution >= 4 is 5.91 Å². The Morgan fingerprint density at radius 3 is 1.72 bits per heavy atom.